The number of anilines is 1. The van der Waals surface area contributed by atoms with Crippen LogP contribution >= 0.6 is 0 Å². The third-order valence-corrected chi connectivity index (χ3v) is 3.99. The van der Waals surface area contributed by atoms with Crippen molar-refractivity contribution < 1.29 is 13.2 Å². The van der Waals surface area contributed by atoms with Crippen molar-refractivity contribution in [2.24, 2.45) is 5.41 Å². The minimum atomic E-state index is -3.14. The maximum Gasteiger partial charge on any atom is 0.175 e. The van der Waals surface area contributed by atoms with E-state index < -0.39 is 9.84 Å². The van der Waals surface area contributed by atoms with Gasteiger partial charge in [0.2, 0.25) is 0 Å². The predicted molar refractivity (Wildman–Crippen MR) is 67.0 cm³/mol. The van der Waals surface area contributed by atoms with E-state index in [0.29, 0.717) is 4.90 Å². The molecule has 1 aromatic carbocycles. The van der Waals surface area contributed by atoms with Gasteiger partial charge >= 0.3 is 0 Å². The quantitative estimate of drug-likeness (QED) is 0.886. The van der Waals surface area contributed by atoms with Crippen molar-refractivity contribution in [1.82, 2.24) is 0 Å². The van der Waals surface area contributed by atoms with Gasteiger partial charge < -0.3 is 10.1 Å². The molecule has 0 amide bonds. The second kappa shape index (κ2) is 4.31. The van der Waals surface area contributed by atoms with Crippen LogP contribution in [0, 0.1) is 5.41 Å². The Labute approximate surface area is 102 Å². The highest BCUT2D eigenvalue weighted by molar-refractivity contribution is 7.90. The highest BCUT2D eigenvalue weighted by Crippen LogP contribution is 2.27. The van der Waals surface area contributed by atoms with Crippen molar-refractivity contribution in [2.45, 2.75) is 11.8 Å². The van der Waals surface area contributed by atoms with E-state index in [0.717, 1.165) is 25.4 Å². The molecule has 17 heavy (non-hydrogen) atoms. The van der Waals surface area contributed by atoms with Crippen LogP contribution in [0.5, 0.6) is 0 Å². The molecule has 1 aliphatic rings. The van der Waals surface area contributed by atoms with Crippen LogP contribution in [-0.4, -0.2) is 34.4 Å². The third-order valence-electron chi connectivity index (χ3n) is 2.88. The molecule has 1 heterocycles. The summed E-state index contributed by atoms with van der Waals surface area (Å²) in [4.78, 5) is 0.345. The average molecular weight is 255 g/mol. The number of hydrogen-bond acceptors (Lipinski definition) is 4. The molecule has 4 nitrogen and oxygen atoms in total. The Kier molecular flexibility index (Phi) is 3.14. The smallest absolute Gasteiger partial charge is 0.175 e. The first-order chi connectivity index (χ1) is 7.89. The SMILES string of the molecule is CC1(CNc2cccc(S(C)(=O)=O)c2)COC1. The van der Waals surface area contributed by atoms with Gasteiger partial charge in [-0.05, 0) is 18.2 Å². The maximum atomic E-state index is 11.4. The highest BCUT2D eigenvalue weighted by Gasteiger charge is 2.32. The average Bonchev–Trinajstić information content (AvgIpc) is 2.23. The Balaban J connectivity index is 2.06. The van der Waals surface area contributed by atoms with E-state index in [9.17, 15) is 8.42 Å². The van der Waals surface area contributed by atoms with Crippen LogP contribution in [0.4, 0.5) is 5.69 Å². The van der Waals surface area contributed by atoms with Crippen LogP contribution in [0.1, 0.15) is 6.92 Å². The largest absolute Gasteiger partial charge is 0.384 e. The van der Waals surface area contributed by atoms with E-state index >= 15 is 0 Å². The lowest BCUT2D eigenvalue weighted by atomic mass is 9.89. The van der Waals surface area contributed by atoms with Crippen LogP contribution in [-0.2, 0) is 14.6 Å². The zero-order valence-electron chi connectivity index (χ0n) is 10.1. The molecule has 0 aromatic heterocycles. The number of sulfone groups is 1. The summed E-state index contributed by atoms with van der Waals surface area (Å²) in [7, 11) is -3.14. The Bertz CT molecular complexity index is 506. The fourth-order valence-corrected chi connectivity index (χ4v) is 2.37. The van der Waals surface area contributed by atoms with Gasteiger partial charge in [0, 0.05) is 23.9 Å². The first-order valence-corrected chi connectivity index (χ1v) is 7.40. The van der Waals surface area contributed by atoms with Crippen LogP contribution in [0.25, 0.3) is 0 Å². The second-order valence-electron chi connectivity index (χ2n) is 4.96. The van der Waals surface area contributed by atoms with E-state index in [1.54, 1.807) is 18.2 Å². The van der Waals surface area contributed by atoms with Crippen molar-refractivity contribution in [3.8, 4) is 0 Å². The summed E-state index contributed by atoms with van der Waals surface area (Å²) in [5.41, 5.74) is 1.00. The highest BCUT2D eigenvalue weighted by atomic mass is 32.2. The van der Waals surface area contributed by atoms with Gasteiger partial charge in [0.25, 0.3) is 0 Å². The first kappa shape index (κ1) is 12.4. The van der Waals surface area contributed by atoms with Gasteiger partial charge in [0.1, 0.15) is 0 Å². The number of nitrogens with one attached hydrogen (secondary N) is 1. The first-order valence-electron chi connectivity index (χ1n) is 5.51. The second-order valence-corrected chi connectivity index (χ2v) is 6.97. The van der Waals surface area contributed by atoms with Gasteiger partial charge in [0.05, 0.1) is 18.1 Å². The molecule has 0 aliphatic carbocycles. The van der Waals surface area contributed by atoms with Crippen LogP contribution in [0.2, 0.25) is 0 Å². The molecule has 1 N–H and O–H groups in total. The summed E-state index contributed by atoms with van der Waals surface area (Å²) in [6, 6.07) is 6.89. The fourth-order valence-electron chi connectivity index (χ4n) is 1.70. The summed E-state index contributed by atoms with van der Waals surface area (Å²) < 4.78 is 28.0. The maximum absolute atomic E-state index is 11.4. The van der Waals surface area contributed by atoms with Crippen LogP contribution in [0.3, 0.4) is 0 Å². The monoisotopic (exact) mass is 255 g/mol. The van der Waals surface area contributed by atoms with Gasteiger partial charge in [-0.1, -0.05) is 13.0 Å². The van der Waals surface area contributed by atoms with Crippen LogP contribution < -0.4 is 5.32 Å². The van der Waals surface area contributed by atoms with E-state index in [1.165, 1.54) is 6.26 Å². The Morgan fingerprint density at radius 3 is 2.65 bits per heavy atom. The number of ether oxygens (including phenoxy) is 1. The van der Waals surface area contributed by atoms with Gasteiger partial charge in [-0.25, -0.2) is 8.42 Å². The summed E-state index contributed by atoms with van der Waals surface area (Å²) in [5, 5.41) is 3.26. The lowest BCUT2D eigenvalue weighted by Crippen LogP contribution is -2.45. The van der Waals surface area contributed by atoms with E-state index in [1.807, 2.05) is 6.07 Å². The predicted octanol–water partition coefficient (Wildman–Crippen LogP) is 1.54. The fraction of sp³-hybridized carbons (Fsp3) is 0.500. The van der Waals surface area contributed by atoms with Crippen molar-refractivity contribution in [3.63, 3.8) is 0 Å². The summed E-state index contributed by atoms with van der Waals surface area (Å²) >= 11 is 0. The molecule has 1 aromatic rings. The van der Waals surface area contributed by atoms with Crippen molar-refractivity contribution in [1.29, 1.82) is 0 Å². The van der Waals surface area contributed by atoms with Crippen molar-refractivity contribution >= 4 is 15.5 Å². The molecule has 5 heteroatoms. The van der Waals surface area contributed by atoms with Gasteiger partial charge in [-0.15, -0.1) is 0 Å². The molecule has 0 bridgehead atoms. The lowest BCUT2D eigenvalue weighted by molar-refractivity contribution is -0.0924. The summed E-state index contributed by atoms with van der Waals surface area (Å²) in [6.45, 7) is 4.45. The molecule has 0 saturated carbocycles. The topological polar surface area (TPSA) is 55.4 Å². The Hall–Kier alpha value is -1.07. The van der Waals surface area contributed by atoms with E-state index in [2.05, 4.69) is 12.2 Å². The third kappa shape index (κ3) is 2.98. The molecular weight excluding hydrogens is 238 g/mol. The van der Waals surface area contributed by atoms with Crippen LogP contribution in [0.15, 0.2) is 29.2 Å². The molecule has 1 fully saturated rings. The number of rotatable bonds is 4. The molecule has 0 unspecified atom stereocenters. The van der Waals surface area contributed by atoms with E-state index in [4.69, 9.17) is 4.74 Å². The molecular formula is C12H17NO3S. The molecule has 1 aliphatic heterocycles. The van der Waals surface area contributed by atoms with Crippen molar-refractivity contribution in [3.05, 3.63) is 24.3 Å². The molecule has 0 spiro atoms. The van der Waals surface area contributed by atoms with Crippen molar-refractivity contribution in [2.75, 3.05) is 31.3 Å². The lowest BCUT2D eigenvalue weighted by Gasteiger charge is -2.38. The molecule has 2 rings (SSSR count). The summed E-state index contributed by atoms with van der Waals surface area (Å²) in [5.74, 6) is 0. The minimum Gasteiger partial charge on any atom is -0.384 e. The number of benzene rings is 1. The van der Waals surface area contributed by atoms with Gasteiger partial charge in [-0.3, -0.25) is 0 Å². The Morgan fingerprint density at radius 1 is 1.41 bits per heavy atom. The minimum absolute atomic E-state index is 0.168. The Morgan fingerprint density at radius 2 is 2.12 bits per heavy atom. The number of hydrogen-bond donors (Lipinski definition) is 1. The molecule has 0 radical (unpaired) electrons. The zero-order valence-corrected chi connectivity index (χ0v) is 10.9. The molecule has 0 atom stereocenters. The summed E-state index contributed by atoms with van der Waals surface area (Å²) in [6.07, 6.45) is 1.22. The molecule has 1 saturated heterocycles. The standard InChI is InChI=1S/C12H17NO3S/c1-12(8-16-9-12)7-13-10-4-3-5-11(6-10)17(2,14)15/h3-6,13H,7-9H2,1-2H3. The van der Waals surface area contributed by atoms with Gasteiger partial charge in [-0.2, -0.15) is 0 Å². The normalized spacial score (nSPS) is 18.5. The molecule has 94 valence electrons. The van der Waals surface area contributed by atoms with Gasteiger partial charge in [0.15, 0.2) is 9.84 Å². The van der Waals surface area contributed by atoms with E-state index in [-0.39, 0.29) is 5.41 Å². The zero-order chi connectivity index (χ0) is 12.5.